The van der Waals surface area contributed by atoms with Crippen LogP contribution in [0.2, 0.25) is 5.02 Å². The van der Waals surface area contributed by atoms with Crippen LogP contribution in [0.4, 0.5) is 5.69 Å². The normalized spacial score (nSPS) is 17.9. The number of hydrogen-bond donors (Lipinski definition) is 1. The minimum Gasteiger partial charge on any atom is -0.369 e. The van der Waals surface area contributed by atoms with Gasteiger partial charge in [0.15, 0.2) is 5.82 Å². The van der Waals surface area contributed by atoms with E-state index in [0.717, 1.165) is 66.3 Å². The number of H-pyrrole nitrogens is 1. The van der Waals surface area contributed by atoms with Crippen LogP contribution in [-0.4, -0.2) is 56.3 Å². The number of anilines is 1. The number of fused-ring (bicyclic) bond motifs is 1. The fraction of sp³-hybridized carbons (Fsp3) is 0.448. The number of aromatic nitrogens is 5. The van der Waals surface area contributed by atoms with Crippen LogP contribution < -0.4 is 10.5 Å². The van der Waals surface area contributed by atoms with Crippen molar-refractivity contribution in [1.82, 2.24) is 30.1 Å². The highest BCUT2D eigenvalue weighted by Crippen LogP contribution is 2.35. The van der Waals surface area contributed by atoms with Crippen LogP contribution in [0, 0.1) is 20.8 Å². The predicted molar refractivity (Wildman–Crippen MR) is 151 cm³/mol. The summed E-state index contributed by atoms with van der Waals surface area (Å²) < 4.78 is 2.00. The molecule has 6 rings (SSSR count). The van der Waals surface area contributed by atoms with Crippen molar-refractivity contribution in [3.05, 3.63) is 79.9 Å². The Balaban J connectivity index is 1.41. The summed E-state index contributed by atoms with van der Waals surface area (Å²) in [6.07, 6.45) is 4.50. The van der Waals surface area contributed by atoms with Gasteiger partial charge in [0.1, 0.15) is 6.04 Å². The van der Waals surface area contributed by atoms with Crippen LogP contribution >= 0.6 is 11.6 Å². The van der Waals surface area contributed by atoms with Crippen molar-refractivity contribution in [2.45, 2.75) is 58.5 Å². The second-order valence-electron chi connectivity index (χ2n) is 10.9. The molecule has 1 atom stereocenters. The fourth-order valence-corrected chi connectivity index (χ4v) is 6.51. The molecule has 1 saturated heterocycles. The first-order chi connectivity index (χ1) is 18.4. The maximum Gasteiger partial charge on any atom is 0.253 e. The molecule has 2 aliphatic rings. The molecule has 198 valence electrons. The van der Waals surface area contributed by atoms with E-state index in [0.29, 0.717) is 5.56 Å². The molecular formula is C29H34ClN7O. The average Bonchev–Trinajstić information content (AvgIpc) is 3.59. The van der Waals surface area contributed by atoms with E-state index in [-0.39, 0.29) is 17.6 Å². The van der Waals surface area contributed by atoms with E-state index in [1.165, 1.54) is 29.7 Å². The number of aromatic amines is 1. The van der Waals surface area contributed by atoms with Crippen molar-refractivity contribution in [2.24, 2.45) is 0 Å². The Bertz CT molecular complexity index is 1530. The molecule has 9 heteroatoms. The summed E-state index contributed by atoms with van der Waals surface area (Å²) in [5, 5.41) is 14.9. The average molecular weight is 532 g/mol. The molecule has 1 aliphatic carbocycles. The van der Waals surface area contributed by atoms with Gasteiger partial charge in [0, 0.05) is 42.5 Å². The van der Waals surface area contributed by atoms with E-state index in [1.54, 1.807) is 0 Å². The Kier molecular flexibility index (Phi) is 6.70. The Hall–Kier alpha value is -3.23. The van der Waals surface area contributed by atoms with E-state index < -0.39 is 0 Å². The van der Waals surface area contributed by atoms with Gasteiger partial charge in [-0.3, -0.25) is 9.69 Å². The van der Waals surface area contributed by atoms with Gasteiger partial charge in [-0.25, -0.2) is 4.68 Å². The van der Waals surface area contributed by atoms with E-state index >= 15 is 0 Å². The first-order valence-electron chi connectivity index (χ1n) is 13.6. The number of benzene rings is 2. The molecule has 8 nitrogen and oxygen atoms in total. The van der Waals surface area contributed by atoms with E-state index in [2.05, 4.69) is 68.4 Å². The summed E-state index contributed by atoms with van der Waals surface area (Å²) in [5.41, 5.74) is 6.12. The van der Waals surface area contributed by atoms with E-state index in [1.807, 2.05) is 23.7 Å². The molecule has 3 heterocycles. The molecule has 38 heavy (non-hydrogen) atoms. The molecule has 0 radical (unpaired) electrons. The maximum absolute atomic E-state index is 13.7. The molecule has 2 aromatic carbocycles. The van der Waals surface area contributed by atoms with Crippen LogP contribution in [0.3, 0.4) is 0 Å². The maximum atomic E-state index is 13.7. The largest absolute Gasteiger partial charge is 0.369 e. The third kappa shape index (κ3) is 4.60. The van der Waals surface area contributed by atoms with Gasteiger partial charge in [0.25, 0.3) is 5.56 Å². The second-order valence-corrected chi connectivity index (χ2v) is 11.3. The smallest absolute Gasteiger partial charge is 0.253 e. The Morgan fingerprint density at radius 2 is 1.74 bits per heavy atom. The van der Waals surface area contributed by atoms with Crippen LogP contribution in [0.25, 0.3) is 10.9 Å². The summed E-state index contributed by atoms with van der Waals surface area (Å²) in [6.45, 7) is 9.46. The summed E-state index contributed by atoms with van der Waals surface area (Å²) in [7, 11) is 0. The van der Waals surface area contributed by atoms with E-state index in [9.17, 15) is 4.79 Å². The monoisotopic (exact) mass is 531 g/mol. The SMILES string of the molecule is Cc1cc(C)c2[nH]c(=O)c(C(c3nnnn3C3CCCC3)N3CCN(c4cc(Cl)ccc4C)CC3)cc2c1. The third-order valence-electron chi connectivity index (χ3n) is 8.24. The van der Waals surface area contributed by atoms with Gasteiger partial charge in [-0.1, -0.05) is 42.1 Å². The minimum atomic E-state index is -0.331. The van der Waals surface area contributed by atoms with Crippen molar-refractivity contribution in [1.29, 1.82) is 0 Å². The molecule has 0 bridgehead atoms. The number of halogens is 1. The lowest BCUT2D eigenvalue weighted by molar-refractivity contribution is 0.197. The highest BCUT2D eigenvalue weighted by atomic mass is 35.5. The zero-order valence-corrected chi connectivity index (χ0v) is 23.0. The molecule has 1 saturated carbocycles. The summed E-state index contributed by atoms with van der Waals surface area (Å²) in [5.74, 6) is 0.763. The lowest BCUT2D eigenvalue weighted by Gasteiger charge is -2.40. The molecule has 0 spiro atoms. The third-order valence-corrected chi connectivity index (χ3v) is 8.48. The molecule has 2 fully saturated rings. The van der Waals surface area contributed by atoms with Crippen molar-refractivity contribution in [3.8, 4) is 0 Å². The number of piperazine rings is 1. The van der Waals surface area contributed by atoms with Gasteiger partial charge in [-0.2, -0.15) is 0 Å². The van der Waals surface area contributed by atoms with Gasteiger partial charge in [-0.05, 0) is 84.8 Å². The predicted octanol–water partition coefficient (Wildman–Crippen LogP) is 5.12. The molecule has 1 unspecified atom stereocenters. The van der Waals surface area contributed by atoms with Gasteiger partial charge in [-0.15, -0.1) is 5.10 Å². The number of nitrogens with zero attached hydrogens (tertiary/aromatic N) is 6. The number of hydrogen-bond acceptors (Lipinski definition) is 6. The molecular weight excluding hydrogens is 498 g/mol. The zero-order valence-electron chi connectivity index (χ0n) is 22.2. The Labute approximate surface area is 227 Å². The Morgan fingerprint density at radius 1 is 0.974 bits per heavy atom. The van der Waals surface area contributed by atoms with E-state index in [4.69, 9.17) is 11.6 Å². The lowest BCUT2D eigenvalue weighted by Crippen LogP contribution is -2.49. The van der Waals surface area contributed by atoms with Crippen molar-refractivity contribution >= 4 is 28.2 Å². The number of nitrogens with one attached hydrogen (secondary N) is 1. The minimum absolute atomic E-state index is 0.0801. The van der Waals surface area contributed by atoms with Gasteiger partial charge in [0.05, 0.1) is 11.6 Å². The van der Waals surface area contributed by atoms with Gasteiger partial charge < -0.3 is 9.88 Å². The highest BCUT2D eigenvalue weighted by molar-refractivity contribution is 6.30. The lowest BCUT2D eigenvalue weighted by atomic mass is 9.99. The molecule has 0 amide bonds. The molecule has 1 N–H and O–H groups in total. The number of aryl methyl sites for hydroxylation is 3. The Morgan fingerprint density at radius 3 is 2.50 bits per heavy atom. The van der Waals surface area contributed by atoms with Crippen molar-refractivity contribution in [3.63, 3.8) is 0 Å². The first kappa shape index (κ1) is 25.1. The van der Waals surface area contributed by atoms with Crippen LogP contribution in [-0.2, 0) is 0 Å². The molecule has 1 aliphatic heterocycles. The van der Waals surface area contributed by atoms with Crippen molar-refractivity contribution in [2.75, 3.05) is 31.1 Å². The van der Waals surface area contributed by atoms with Gasteiger partial charge in [0.2, 0.25) is 0 Å². The second kappa shape index (κ2) is 10.2. The topological polar surface area (TPSA) is 82.9 Å². The summed E-state index contributed by atoms with van der Waals surface area (Å²) >= 11 is 6.33. The van der Waals surface area contributed by atoms with Crippen LogP contribution in [0.1, 0.15) is 65.8 Å². The molecule has 4 aromatic rings. The van der Waals surface area contributed by atoms with Crippen LogP contribution in [0.15, 0.2) is 41.2 Å². The van der Waals surface area contributed by atoms with Gasteiger partial charge >= 0.3 is 0 Å². The fourth-order valence-electron chi connectivity index (χ4n) is 6.34. The zero-order chi connectivity index (χ0) is 26.4. The first-order valence-corrected chi connectivity index (χ1v) is 13.9. The molecule has 2 aromatic heterocycles. The van der Waals surface area contributed by atoms with Crippen molar-refractivity contribution < 1.29 is 0 Å². The standard InChI is InChI=1S/C29H34ClN7O/c1-18-14-20(3)26-21(15-18)16-24(29(38)31-26)27(28-32-33-34-37(28)23-6-4-5-7-23)36-12-10-35(11-13-36)25-17-22(30)9-8-19(25)2/h8-9,14-17,23,27H,4-7,10-13H2,1-3H3,(H,31,38). The summed E-state index contributed by atoms with van der Waals surface area (Å²) in [6, 6.07) is 12.3. The summed E-state index contributed by atoms with van der Waals surface area (Å²) in [4.78, 5) is 21.6. The number of pyridine rings is 1. The number of rotatable bonds is 5. The highest BCUT2D eigenvalue weighted by Gasteiger charge is 2.35. The van der Waals surface area contributed by atoms with Crippen LogP contribution in [0.5, 0.6) is 0 Å². The number of tetrazole rings is 1. The quantitative estimate of drug-likeness (QED) is 0.385.